The maximum Gasteiger partial charge on any atom is 0.277 e. The van der Waals surface area contributed by atoms with Gasteiger partial charge >= 0.3 is 0 Å². The van der Waals surface area contributed by atoms with E-state index in [4.69, 9.17) is 9.36 Å². The Bertz CT molecular complexity index is 472. The smallest absolute Gasteiger partial charge is 0.277 e. The number of hydrogen-bond acceptors (Lipinski definition) is 5. The van der Waals surface area contributed by atoms with Crippen molar-refractivity contribution in [3.05, 3.63) is 11.8 Å². The molecule has 0 N–H and O–H groups in total. The predicted octanol–water partition coefficient (Wildman–Crippen LogP) is 2.93. The van der Waals surface area contributed by atoms with Crippen LogP contribution in [-0.2, 0) is 4.79 Å². The SMILES string of the molecule is CCC1CCC(c2cc(ON3CCC[C@H]3C=O)no2)CC1.[B]. The van der Waals surface area contributed by atoms with Crippen LogP contribution in [0.1, 0.15) is 63.5 Å². The number of aromatic nitrogens is 1. The Morgan fingerprint density at radius 1 is 1.36 bits per heavy atom. The van der Waals surface area contributed by atoms with Gasteiger partial charge < -0.3 is 14.2 Å². The lowest BCUT2D eigenvalue weighted by atomic mass is 9.80. The summed E-state index contributed by atoms with van der Waals surface area (Å²) < 4.78 is 5.46. The summed E-state index contributed by atoms with van der Waals surface area (Å²) in [4.78, 5) is 16.6. The Morgan fingerprint density at radius 3 is 2.82 bits per heavy atom. The summed E-state index contributed by atoms with van der Waals surface area (Å²) in [5.41, 5.74) is 0. The van der Waals surface area contributed by atoms with Crippen LogP contribution >= 0.6 is 0 Å². The van der Waals surface area contributed by atoms with Gasteiger partial charge in [-0.1, -0.05) is 13.3 Å². The van der Waals surface area contributed by atoms with Crippen LogP contribution in [0.3, 0.4) is 0 Å². The fourth-order valence-electron chi connectivity index (χ4n) is 3.50. The van der Waals surface area contributed by atoms with Gasteiger partial charge in [0.25, 0.3) is 5.88 Å². The van der Waals surface area contributed by atoms with Crippen molar-refractivity contribution in [2.75, 3.05) is 6.54 Å². The number of rotatable bonds is 5. The van der Waals surface area contributed by atoms with Gasteiger partial charge in [-0.15, -0.1) is 5.06 Å². The van der Waals surface area contributed by atoms with E-state index in [1.54, 1.807) is 5.06 Å². The van der Waals surface area contributed by atoms with Crippen molar-refractivity contribution in [2.45, 2.75) is 63.8 Å². The molecule has 0 bridgehead atoms. The van der Waals surface area contributed by atoms with Crippen LogP contribution in [0, 0.1) is 5.92 Å². The zero-order chi connectivity index (χ0) is 14.7. The fourth-order valence-corrected chi connectivity index (χ4v) is 3.50. The molecule has 0 amide bonds. The number of nitrogens with zero attached hydrogens (tertiary/aromatic N) is 2. The molecule has 0 unspecified atom stereocenters. The Morgan fingerprint density at radius 2 is 2.14 bits per heavy atom. The molecule has 2 aliphatic rings. The number of carbonyl (C=O) groups is 1. The van der Waals surface area contributed by atoms with E-state index in [0.717, 1.165) is 37.4 Å². The molecule has 1 aliphatic heterocycles. The molecule has 3 rings (SSSR count). The molecule has 6 heteroatoms. The van der Waals surface area contributed by atoms with Crippen molar-refractivity contribution in [1.29, 1.82) is 0 Å². The number of hydroxylamine groups is 2. The van der Waals surface area contributed by atoms with E-state index in [1.165, 1.54) is 32.1 Å². The molecule has 0 aromatic carbocycles. The third-order valence-corrected chi connectivity index (χ3v) is 4.95. The summed E-state index contributed by atoms with van der Waals surface area (Å²) in [6, 6.07) is 1.75. The molecule has 2 heterocycles. The summed E-state index contributed by atoms with van der Waals surface area (Å²) in [5, 5.41) is 5.72. The lowest BCUT2D eigenvalue weighted by Gasteiger charge is -2.25. The van der Waals surface area contributed by atoms with Crippen molar-refractivity contribution < 1.29 is 14.2 Å². The Kier molecular flexibility index (Phi) is 6.06. The normalized spacial score (nSPS) is 29.0. The van der Waals surface area contributed by atoms with Gasteiger partial charge in [0, 0.05) is 26.9 Å². The second-order valence-electron chi connectivity index (χ2n) is 6.27. The van der Waals surface area contributed by atoms with Crippen molar-refractivity contribution in [2.24, 2.45) is 5.92 Å². The van der Waals surface area contributed by atoms with E-state index in [0.29, 0.717) is 11.8 Å². The summed E-state index contributed by atoms with van der Waals surface area (Å²) in [7, 11) is 0. The Balaban J connectivity index is 0.00000176. The van der Waals surface area contributed by atoms with E-state index >= 15 is 0 Å². The van der Waals surface area contributed by atoms with Gasteiger partial charge in [-0.05, 0) is 49.6 Å². The van der Waals surface area contributed by atoms with Gasteiger partial charge in [0.05, 0.1) is 0 Å². The minimum Gasteiger partial charge on any atom is -0.382 e. The molecule has 22 heavy (non-hydrogen) atoms. The summed E-state index contributed by atoms with van der Waals surface area (Å²) in [6.07, 6.45) is 8.96. The lowest BCUT2D eigenvalue weighted by molar-refractivity contribution is -0.125. The van der Waals surface area contributed by atoms with Crippen LogP contribution < -0.4 is 4.84 Å². The van der Waals surface area contributed by atoms with Gasteiger partial charge in [-0.3, -0.25) is 0 Å². The maximum atomic E-state index is 11.0. The van der Waals surface area contributed by atoms with Crippen molar-refractivity contribution in [3.63, 3.8) is 0 Å². The van der Waals surface area contributed by atoms with Crippen molar-refractivity contribution >= 4 is 14.7 Å². The number of aldehydes is 1. The van der Waals surface area contributed by atoms with Crippen LogP contribution in [-0.4, -0.2) is 37.5 Å². The van der Waals surface area contributed by atoms with Crippen molar-refractivity contribution in [3.8, 4) is 5.88 Å². The van der Waals surface area contributed by atoms with Crippen LogP contribution in [0.15, 0.2) is 10.6 Å². The molecule has 1 saturated carbocycles. The Labute approximate surface area is 133 Å². The molecular weight excluding hydrogens is 279 g/mol. The molecule has 1 aliphatic carbocycles. The molecule has 1 atom stereocenters. The maximum absolute atomic E-state index is 11.0. The third-order valence-electron chi connectivity index (χ3n) is 4.95. The molecule has 1 aromatic heterocycles. The highest BCUT2D eigenvalue weighted by Gasteiger charge is 2.28. The van der Waals surface area contributed by atoms with Crippen LogP contribution in [0.25, 0.3) is 0 Å². The molecule has 119 valence electrons. The van der Waals surface area contributed by atoms with Crippen LogP contribution in [0.5, 0.6) is 5.88 Å². The molecular formula is C16H24BN2O3. The molecule has 5 nitrogen and oxygen atoms in total. The van der Waals surface area contributed by atoms with E-state index < -0.39 is 0 Å². The molecule has 1 saturated heterocycles. The van der Waals surface area contributed by atoms with Gasteiger partial charge in [0.2, 0.25) is 0 Å². The van der Waals surface area contributed by atoms with Gasteiger partial charge in [0.1, 0.15) is 18.1 Å². The molecule has 2 fully saturated rings. The lowest BCUT2D eigenvalue weighted by Crippen LogP contribution is -2.33. The van der Waals surface area contributed by atoms with Crippen molar-refractivity contribution in [1.82, 2.24) is 10.2 Å². The van der Waals surface area contributed by atoms with Crippen LogP contribution in [0.4, 0.5) is 0 Å². The fraction of sp³-hybridized carbons (Fsp3) is 0.750. The van der Waals surface area contributed by atoms with Gasteiger partial charge in [-0.2, -0.15) is 0 Å². The average molecular weight is 303 g/mol. The first-order valence-corrected chi connectivity index (χ1v) is 8.16. The Hall–Kier alpha value is -1.30. The van der Waals surface area contributed by atoms with Crippen LogP contribution in [0.2, 0.25) is 0 Å². The first kappa shape index (κ1) is 17.1. The number of carbonyl (C=O) groups excluding carboxylic acids is 1. The standard InChI is InChI=1S/C16H24N2O3.B/c1-2-12-5-7-13(8-6-12)15-10-16(17-20-15)21-18-9-3-4-14(18)11-19;/h10-14H,2-9H2,1H3;/t12?,13?,14-;/m0./s1. The average Bonchev–Trinajstić information content (AvgIpc) is 3.17. The highest BCUT2D eigenvalue weighted by molar-refractivity contribution is 5.75. The zero-order valence-corrected chi connectivity index (χ0v) is 13.2. The minimum atomic E-state index is -0.148. The highest BCUT2D eigenvalue weighted by Crippen LogP contribution is 2.38. The first-order chi connectivity index (χ1) is 10.3. The van der Waals surface area contributed by atoms with Gasteiger partial charge in [0.15, 0.2) is 0 Å². The predicted molar refractivity (Wildman–Crippen MR) is 83.7 cm³/mol. The number of hydrogen-bond donors (Lipinski definition) is 0. The third kappa shape index (κ3) is 3.72. The second-order valence-corrected chi connectivity index (χ2v) is 6.27. The minimum absolute atomic E-state index is 0. The van der Waals surface area contributed by atoms with E-state index in [1.807, 2.05) is 6.07 Å². The first-order valence-electron chi connectivity index (χ1n) is 8.16. The monoisotopic (exact) mass is 303 g/mol. The molecule has 0 spiro atoms. The van der Waals surface area contributed by atoms with E-state index in [9.17, 15) is 4.79 Å². The van der Waals surface area contributed by atoms with E-state index in [-0.39, 0.29) is 14.5 Å². The highest BCUT2D eigenvalue weighted by atomic mass is 16.7. The van der Waals surface area contributed by atoms with E-state index in [2.05, 4.69) is 12.1 Å². The largest absolute Gasteiger partial charge is 0.382 e. The second kappa shape index (κ2) is 7.81. The molecule has 1 aromatic rings. The zero-order valence-electron chi connectivity index (χ0n) is 13.2. The van der Waals surface area contributed by atoms with Gasteiger partial charge in [-0.25, -0.2) is 0 Å². The quantitative estimate of drug-likeness (QED) is 0.618. The summed E-state index contributed by atoms with van der Waals surface area (Å²) in [5.74, 6) is 2.76. The topological polar surface area (TPSA) is 55.6 Å². The summed E-state index contributed by atoms with van der Waals surface area (Å²) in [6.45, 7) is 3.04. The molecule has 3 radical (unpaired) electrons. The summed E-state index contributed by atoms with van der Waals surface area (Å²) >= 11 is 0.